The van der Waals surface area contributed by atoms with Gasteiger partial charge in [0.05, 0.1) is 11.6 Å². The summed E-state index contributed by atoms with van der Waals surface area (Å²) in [4.78, 5) is 12.9. The zero-order chi connectivity index (χ0) is 19.6. The number of para-hydroxylation sites is 1. The van der Waals surface area contributed by atoms with E-state index in [1.54, 1.807) is 11.3 Å². The van der Waals surface area contributed by atoms with Gasteiger partial charge in [0, 0.05) is 53.3 Å². The van der Waals surface area contributed by atoms with Gasteiger partial charge >= 0.3 is 0 Å². The molecule has 0 radical (unpaired) electrons. The maximum atomic E-state index is 10.6. The van der Waals surface area contributed by atoms with E-state index < -0.39 is 0 Å². The van der Waals surface area contributed by atoms with Crippen LogP contribution in [0, 0.1) is 5.92 Å². The predicted octanol–water partition coefficient (Wildman–Crippen LogP) is 4.39. The molecular weight excluding hydrogens is 378 g/mol. The lowest BCUT2D eigenvalue weighted by Gasteiger charge is -2.14. The van der Waals surface area contributed by atoms with E-state index >= 15 is 0 Å². The first-order chi connectivity index (χ1) is 14.2. The van der Waals surface area contributed by atoms with Crippen molar-refractivity contribution in [2.24, 2.45) is 5.92 Å². The Morgan fingerprint density at radius 1 is 0.966 bits per heavy atom. The van der Waals surface area contributed by atoms with E-state index in [0.717, 1.165) is 46.7 Å². The molecule has 5 rings (SSSR count). The number of thiazole rings is 1. The summed E-state index contributed by atoms with van der Waals surface area (Å²) in [5, 5.41) is 12.8. The molecule has 2 aromatic carbocycles. The number of hydrogen-bond acceptors (Lipinski definition) is 5. The third-order valence-corrected chi connectivity index (χ3v) is 6.59. The highest BCUT2D eigenvalue weighted by Crippen LogP contribution is 2.28. The van der Waals surface area contributed by atoms with Crippen LogP contribution >= 0.6 is 11.3 Å². The first kappa shape index (κ1) is 18.4. The van der Waals surface area contributed by atoms with Crippen LogP contribution in [0.25, 0.3) is 21.5 Å². The average Bonchev–Trinajstić information content (AvgIpc) is 3.35. The molecule has 4 nitrogen and oxygen atoms in total. The second-order valence-electron chi connectivity index (χ2n) is 7.72. The van der Waals surface area contributed by atoms with Crippen LogP contribution in [-0.4, -0.2) is 39.2 Å². The lowest BCUT2D eigenvalue weighted by Crippen LogP contribution is -2.20. The van der Waals surface area contributed by atoms with Gasteiger partial charge < -0.3 is 5.11 Å². The predicted molar refractivity (Wildman–Crippen MR) is 118 cm³/mol. The summed E-state index contributed by atoms with van der Waals surface area (Å²) in [6, 6.07) is 22.7. The van der Waals surface area contributed by atoms with Gasteiger partial charge in [-0.3, -0.25) is 9.88 Å². The molecule has 0 saturated carbocycles. The van der Waals surface area contributed by atoms with Gasteiger partial charge in [0.25, 0.3) is 0 Å². The standard InChI is InChI=1S/C24H23N3OS/c28-23-16-27(15-21-13-25-24(29-21)18-7-2-1-3-8-18)14-19(23)12-20-11-10-17-6-4-5-9-22(17)26-20/h1-11,13,19,23,28H,12,14-16H2/t19-,23-/m1/s1. The molecule has 0 bridgehead atoms. The first-order valence-electron chi connectivity index (χ1n) is 10.00. The first-order valence-corrected chi connectivity index (χ1v) is 10.8. The molecule has 5 heteroatoms. The quantitative estimate of drug-likeness (QED) is 0.539. The number of fused-ring (bicyclic) bond motifs is 1. The molecule has 1 aliphatic heterocycles. The molecule has 0 aliphatic carbocycles. The van der Waals surface area contributed by atoms with Crippen LogP contribution in [0.3, 0.4) is 0 Å². The minimum absolute atomic E-state index is 0.213. The van der Waals surface area contributed by atoms with Gasteiger partial charge in [-0.2, -0.15) is 0 Å². The number of aliphatic hydroxyl groups is 1. The van der Waals surface area contributed by atoms with E-state index in [-0.39, 0.29) is 12.0 Å². The van der Waals surface area contributed by atoms with Crippen LogP contribution in [0.4, 0.5) is 0 Å². The zero-order valence-corrected chi connectivity index (χ0v) is 16.9. The number of aliphatic hydroxyl groups excluding tert-OH is 1. The summed E-state index contributed by atoms with van der Waals surface area (Å²) in [6.07, 6.45) is 2.46. The number of rotatable bonds is 5. The Morgan fingerprint density at radius 2 is 1.79 bits per heavy atom. The van der Waals surface area contributed by atoms with Crippen LogP contribution in [-0.2, 0) is 13.0 Å². The topological polar surface area (TPSA) is 49.2 Å². The second kappa shape index (κ2) is 8.03. The van der Waals surface area contributed by atoms with E-state index in [4.69, 9.17) is 4.98 Å². The largest absolute Gasteiger partial charge is 0.391 e. The van der Waals surface area contributed by atoms with Gasteiger partial charge in [-0.15, -0.1) is 11.3 Å². The lowest BCUT2D eigenvalue weighted by atomic mass is 9.99. The van der Waals surface area contributed by atoms with Gasteiger partial charge in [0.15, 0.2) is 0 Å². The summed E-state index contributed by atoms with van der Waals surface area (Å²) in [6.45, 7) is 2.42. The van der Waals surface area contributed by atoms with E-state index in [2.05, 4.69) is 40.2 Å². The van der Waals surface area contributed by atoms with Gasteiger partial charge in [-0.05, 0) is 18.6 Å². The number of aromatic nitrogens is 2. The summed E-state index contributed by atoms with van der Waals surface area (Å²) >= 11 is 1.73. The Morgan fingerprint density at radius 3 is 2.69 bits per heavy atom. The van der Waals surface area contributed by atoms with Gasteiger partial charge in [-0.1, -0.05) is 54.6 Å². The van der Waals surface area contributed by atoms with Crippen molar-refractivity contribution in [3.8, 4) is 10.6 Å². The van der Waals surface area contributed by atoms with E-state index in [0.29, 0.717) is 6.54 Å². The van der Waals surface area contributed by atoms with Gasteiger partial charge in [-0.25, -0.2) is 4.98 Å². The molecule has 29 heavy (non-hydrogen) atoms. The van der Waals surface area contributed by atoms with E-state index in [1.165, 1.54) is 4.88 Å². The molecule has 1 saturated heterocycles. The number of nitrogens with zero attached hydrogens (tertiary/aromatic N) is 3. The van der Waals surface area contributed by atoms with Crippen molar-refractivity contribution in [3.63, 3.8) is 0 Å². The third-order valence-electron chi connectivity index (χ3n) is 5.56. The number of β-amino-alcohol motifs (C(OH)–C–C–N with tert-alkyl or cyclic N) is 1. The maximum Gasteiger partial charge on any atom is 0.123 e. The van der Waals surface area contributed by atoms with Crippen molar-refractivity contribution in [2.45, 2.75) is 19.1 Å². The van der Waals surface area contributed by atoms with E-state index in [9.17, 15) is 5.11 Å². The summed E-state index contributed by atoms with van der Waals surface area (Å²) in [5.41, 5.74) is 3.23. The van der Waals surface area contributed by atoms with Crippen molar-refractivity contribution in [1.29, 1.82) is 0 Å². The van der Waals surface area contributed by atoms with Gasteiger partial charge in [0.2, 0.25) is 0 Å². The van der Waals surface area contributed by atoms with Crippen molar-refractivity contribution in [2.75, 3.05) is 13.1 Å². The number of pyridine rings is 1. The Kier molecular flexibility index (Phi) is 5.10. The highest BCUT2D eigenvalue weighted by molar-refractivity contribution is 7.15. The molecule has 1 N–H and O–H groups in total. The normalized spacial score (nSPS) is 19.8. The van der Waals surface area contributed by atoms with Crippen molar-refractivity contribution in [1.82, 2.24) is 14.9 Å². The van der Waals surface area contributed by atoms with E-state index in [1.807, 2.05) is 42.6 Å². The molecule has 1 aliphatic rings. The molecular formula is C24H23N3OS. The highest BCUT2D eigenvalue weighted by atomic mass is 32.1. The Hall–Kier alpha value is -2.60. The molecule has 0 amide bonds. The molecule has 146 valence electrons. The Balaban J connectivity index is 1.24. The fraction of sp³-hybridized carbons (Fsp3) is 0.250. The highest BCUT2D eigenvalue weighted by Gasteiger charge is 2.31. The average molecular weight is 402 g/mol. The fourth-order valence-corrected chi connectivity index (χ4v) is 5.04. The zero-order valence-electron chi connectivity index (χ0n) is 16.1. The lowest BCUT2D eigenvalue weighted by molar-refractivity contribution is 0.140. The SMILES string of the molecule is O[C@@H]1CN(Cc2cnc(-c3ccccc3)s2)C[C@H]1Cc1ccc2ccccc2n1. The molecule has 0 unspecified atom stereocenters. The molecule has 3 heterocycles. The monoisotopic (exact) mass is 401 g/mol. The van der Waals surface area contributed by atoms with Crippen molar-refractivity contribution < 1.29 is 5.11 Å². The smallest absolute Gasteiger partial charge is 0.123 e. The summed E-state index contributed by atoms with van der Waals surface area (Å²) < 4.78 is 0. The molecule has 0 spiro atoms. The van der Waals surface area contributed by atoms with Gasteiger partial charge in [0.1, 0.15) is 5.01 Å². The molecule has 2 atom stereocenters. The summed E-state index contributed by atoms with van der Waals surface area (Å²) in [7, 11) is 0. The Labute approximate surface area is 174 Å². The molecule has 2 aromatic heterocycles. The van der Waals surface area contributed by atoms with Crippen LogP contribution in [0.15, 0.2) is 72.9 Å². The third kappa shape index (κ3) is 4.08. The Bertz CT molecular complexity index is 1110. The minimum Gasteiger partial charge on any atom is -0.391 e. The maximum absolute atomic E-state index is 10.6. The van der Waals surface area contributed by atoms with Crippen LogP contribution in [0.2, 0.25) is 0 Å². The van der Waals surface area contributed by atoms with Crippen LogP contribution in [0.5, 0.6) is 0 Å². The fourth-order valence-electron chi connectivity index (χ4n) is 4.08. The minimum atomic E-state index is -0.315. The van der Waals surface area contributed by atoms with Crippen LogP contribution in [0.1, 0.15) is 10.6 Å². The van der Waals surface area contributed by atoms with Crippen molar-refractivity contribution >= 4 is 22.2 Å². The number of likely N-dealkylation sites (tertiary alicyclic amines) is 1. The molecule has 4 aromatic rings. The second-order valence-corrected chi connectivity index (χ2v) is 8.83. The molecule has 1 fully saturated rings. The number of benzene rings is 2. The summed E-state index contributed by atoms with van der Waals surface area (Å²) in [5.74, 6) is 0.213. The number of hydrogen-bond donors (Lipinski definition) is 1. The van der Waals surface area contributed by atoms with Crippen LogP contribution < -0.4 is 0 Å². The van der Waals surface area contributed by atoms with Crippen molar-refractivity contribution in [3.05, 3.63) is 83.5 Å².